The zero-order valence-electron chi connectivity index (χ0n) is 13.0. The lowest BCUT2D eigenvalue weighted by atomic mass is 10.1. The molecule has 3 aromatic rings. The number of nitrogens with zero attached hydrogens (tertiary/aromatic N) is 2. The topological polar surface area (TPSA) is 167 Å². The van der Waals surface area contributed by atoms with E-state index >= 15 is 0 Å². The van der Waals surface area contributed by atoms with Crippen molar-refractivity contribution < 1.29 is 35.4 Å². The number of carbonyl (C=O) groups excluding carboxylic acids is 1. The van der Waals surface area contributed by atoms with Crippen molar-refractivity contribution in [3.8, 4) is 0 Å². The lowest BCUT2D eigenvalue weighted by molar-refractivity contribution is -0.494. The number of aliphatic hydroxyl groups is 3. The Hall–Kier alpha value is -2.30. The highest BCUT2D eigenvalue weighted by Gasteiger charge is 2.25. The van der Waals surface area contributed by atoms with Crippen molar-refractivity contribution in [2.75, 3.05) is 19.8 Å². The number of benzene rings is 1. The van der Waals surface area contributed by atoms with Gasteiger partial charge < -0.3 is 35.4 Å². The first kappa shape index (κ1) is 19.0. The second-order valence-electron chi connectivity index (χ2n) is 5.39. The quantitative estimate of drug-likeness (QED) is 0.423. The number of aromatic carboxylic acids is 1. The first-order chi connectivity index (χ1) is 11.8. The van der Waals surface area contributed by atoms with Gasteiger partial charge in [-0.25, -0.2) is 4.98 Å². The number of carboxylic acid groups (broad SMARTS) is 1. The first-order valence-corrected chi connectivity index (χ1v) is 7.46. The highest BCUT2D eigenvalue weighted by atomic mass is 35.5. The number of hydrogen-bond donors (Lipinski definition) is 4. The van der Waals surface area contributed by atoms with Crippen molar-refractivity contribution in [3.63, 3.8) is 0 Å². The lowest BCUT2D eigenvalue weighted by Gasteiger charge is -2.16. The summed E-state index contributed by atoms with van der Waals surface area (Å²) < 4.78 is 5.10. The average Bonchev–Trinajstić information content (AvgIpc) is 3.06. The predicted molar refractivity (Wildman–Crippen MR) is 85.5 cm³/mol. The Morgan fingerprint density at radius 1 is 1.32 bits per heavy atom. The van der Waals surface area contributed by atoms with E-state index in [1.165, 1.54) is 6.07 Å². The predicted octanol–water partition coefficient (Wildman–Crippen LogP) is -1.66. The summed E-state index contributed by atoms with van der Waals surface area (Å²) in [5.41, 5.74) is 3.54. The third-order valence-electron chi connectivity index (χ3n) is 3.38. The largest absolute Gasteiger partial charge is 0.540 e. The van der Waals surface area contributed by atoms with Crippen LogP contribution in [-0.2, 0) is 0 Å². The van der Waals surface area contributed by atoms with Gasteiger partial charge in [0, 0.05) is 11.6 Å². The molecule has 0 amide bonds. The number of oxazole rings is 1. The van der Waals surface area contributed by atoms with Gasteiger partial charge in [0.1, 0.15) is 36.8 Å². The van der Waals surface area contributed by atoms with E-state index in [0.717, 1.165) is 0 Å². The third-order valence-corrected chi connectivity index (χ3v) is 3.69. The Morgan fingerprint density at radius 3 is 2.48 bits per heavy atom. The number of rotatable bonds is 4. The fraction of sp³-hybridized carbons (Fsp3) is 0.267. The molecule has 0 aliphatic rings. The van der Waals surface area contributed by atoms with Crippen molar-refractivity contribution in [2.45, 2.75) is 5.54 Å². The summed E-state index contributed by atoms with van der Waals surface area (Å²) in [5.74, 6) is -1.95. The number of halogens is 1. The van der Waals surface area contributed by atoms with Crippen LogP contribution in [0.25, 0.3) is 22.0 Å². The minimum absolute atomic E-state index is 0.292. The van der Waals surface area contributed by atoms with Gasteiger partial charge in [-0.05, 0) is 18.2 Å². The summed E-state index contributed by atoms with van der Waals surface area (Å²) in [6, 6.07) is 5.04. The van der Waals surface area contributed by atoms with Crippen molar-refractivity contribution >= 4 is 39.6 Å². The maximum Gasteiger partial charge on any atom is 0.243 e. The number of hydrogen-bond acceptors (Lipinski definition) is 8. The highest BCUT2D eigenvalue weighted by Crippen LogP contribution is 2.30. The molecular weight excluding hydrogens is 354 g/mol. The molecule has 0 unspecified atom stereocenters. The number of aliphatic hydroxyl groups excluding tert-OH is 3. The van der Waals surface area contributed by atoms with Crippen molar-refractivity contribution in [3.05, 3.63) is 35.3 Å². The number of fused-ring (bicyclic) bond motifs is 3. The number of quaternary nitrogens is 1. The summed E-state index contributed by atoms with van der Waals surface area (Å²) in [6.07, 6.45) is 1.57. The van der Waals surface area contributed by atoms with E-state index in [9.17, 15) is 9.90 Å². The van der Waals surface area contributed by atoms with Crippen LogP contribution in [0, 0.1) is 0 Å². The van der Waals surface area contributed by atoms with E-state index in [1.54, 1.807) is 18.3 Å². The van der Waals surface area contributed by atoms with Crippen LogP contribution < -0.4 is 10.8 Å². The number of aromatic nitrogens is 2. The fourth-order valence-electron chi connectivity index (χ4n) is 1.81. The van der Waals surface area contributed by atoms with Crippen molar-refractivity contribution in [1.29, 1.82) is 0 Å². The van der Waals surface area contributed by atoms with Gasteiger partial charge in [-0.3, -0.25) is 4.98 Å². The Balaban J connectivity index is 0.000000242. The van der Waals surface area contributed by atoms with Gasteiger partial charge in [-0.1, -0.05) is 11.6 Å². The van der Waals surface area contributed by atoms with E-state index in [2.05, 4.69) is 15.7 Å². The molecule has 0 fully saturated rings. The third kappa shape index (κ3) is 4.03. The summed E-state index contributed by atoms with van der Waals surface area (Å²) in [6.45, 7) is -0.875. The van der Waals surface area contributed by atoms with E-state index in [1.807, 2.05) is 0 Å². The molecule has 0 saturated carbocycles. The van der Waals surface area contributed by atoms with E-state index < -0.39 is 17.4 Å². The molecule has 3 rings (SSSR count). The number of pyridine rings is 1. The molecule has 0 radical (unpaired) electrons. The molecule has 0 atom stereocenters. The average molecular weight is 370 g/mol. The molecule has 2 heterocycles. The van der Waals surface area contributed by atoms with Crippen LogP contribution in [0.3, 0.4) is 0 Å². The molecule has 0 bridgehead atoms. The lowest BCUT2D eigenvalue weighted by Crippen LogP contribution is -2.78. The number of carbonyl (C=O) groups is 1. The molecule has 134 valence electrons. The van der Waals surface area contributed by atoms with Gasteiger partial charge in [0.15, 0.2) is 11.1 Å². The molecule has 25 heavy (non-hydrogen) atoms. The van der Waals surface area contributed by atoms with Crippen molar-refractivity contribution in [2.24, 2.45) is 0 Å². The zero-order valence-corrected chi connectivity index (χ0v) is 13.7. The van der Waals surface area contributed by atoms with Crippen LogP contribution in [0.2, 0.25) is 5.02 Å². The van der Waals surface area contributed by atoms with Crippen LogP contribution >= 0.6 is 11.6 Å². The van der Waals surface area contributed by atoms with Gasteiger partial charge in [-0.15, -0.1) is 0 Å². The standard InChI is InChI=1S/C11H5ClN2O3.C4H11NO3/c12-6-4-7-9(17-10(14-7)11(15)16)8-5(6)2-1-3-13-8;5-4(1-6,2-7)3-8/h1-4H,(H,15,16);6-8H,1-3,5H2. The van der Waals surface area contributed by atoms with Crippen LogP contribution in [0.5, 0.6) is 0 Å². The summed E-state index contributed by atoms with van der Waals surface area (Å²) in [7, 11) is 0. The minimum Gasteiger partial charge on any atom is -0.540 e. The van der Waals surface area contributed by atoms with Crippen LogP contribution in [0.4, 0.5) is 0 Å². The Kier molecular flexibility index (Phi) is 5.88. The highest BCUT2D eigenvalue weighted by molar-refractivity contribution is 6.36. The van der Waals surface area contributed by atoms with E-state index in [4.69, 9.17) is 31.3 Å². The van der Waals surface area contributed by atoms with E-state index in [0.29, 0.717) is 27.0 Å². The second-order valence-corrected chi connectivity index (χ2v) is 5.79. The van der Waals surface area contributed by atoms with Crippen LogP contribution in [0.15, 0.2) is 28.8 Å². The molecule has 10 heteroatoms. The maximum absolute atomic E-state index is 10.7. The Bertz CT molecular complexity index is 885. The van der Waals surface area contributed by atoms with Gasteiger partial charge in [-0.2, -0.15) is 0 Å². The fourth-order valence-corrected chi connectivity index (χ4v) is 2.07. The summed E-state index contributed by atoms with van der Waals surface area (Å²) in [5, 5.41) is 37.0. The van der Waals surface area contributed by atoms with Crippen LogP contribution in [0.1, 0.15) is 10.7 Å². The summed E-state index contributed by atoms with van der Waals surface area (Å²) in [4.78, 5) is 18.6. The Morgan fingerprint density at radius 2 is 1.96 bits per heavy atom. The molecule has 6 N–H and O–H groups in total. The molecule has 0 aliphatic carbocycles. The van der Waals surface area contributed by atoms with Gasteiger partial charge in [0.2, 0.25) is 5.89 Å². The SMILES string of the molecule is O=C([O-])c1nc2cc(Cl)c3cccnc3c2o1.[NH3+]C(CO)(CO)CO. The molecule has 2 aromatic heterocycles. The maximum atomic E-state index is 10.7. The first-order valence-electron chi connectivity index (χ1n) is 7.08. The number of carboxylic acids is 1. The van der Waals surface area contributed by atoms with Crippen molar-refractivity contribution in [1.82, 2.24) is 9.97 Å². The normalized spacial score (nSPS) is 11.4. The van der Waals surface area contributed by atoms with Crippen LogP contribution in [-0.4, -0.2) is 56.6 Å². The molecule has 0 aliphatic heterocycles. The molecule has 1 aromatic carbocycles. The van der Waals surface area contributed by atoms with Gasteiger partial charge in [0.05, 0.1) is 5.02 Å². The monoisotopic (exact) mass is 369 g/mol. The Labute approximate surface area is 146 Å². The zero-order chi connectivity index (χ0) is 18.6. The van der Waals surface area contributed by atoms with Gasteiger partial charge in [0.25, 0.3) is 0 Å². The minimum atomic E-state index is -1.47. The molecule has 0 spiro atoms. The van der Waals surface area contributed by atoms with Gasteiger partial charge >= 0.3 is 0 Å². The smallest absolute Gasteiger partial charge is 0.243 e. The molecule has 0 saturated heterocycles. The molecule has 9 nitrogen and oxygen atoms in total. The van der Waals surface area contributed by atoms with E-state index in [-0.39, 0.29) is 19.8 Å². The second kappa shape index (κ2) is 7.72. The molecular formula is C15H16ClN3O6. The summed E-state index contributed by atoms with van der Waals surface area (Å²) >= 11 is 6.04.